The number of benzene rings is 1. The van der Waals surface area contributed by atoms with Gasteiger partial charge >= 0.3 is 5.97 Å². The maximum atomic E-state index is 11.4. The third-order valence-corrected chi connectivity index (χ3v) is 4.03. The van der Waals surface area contributed by atoms with E-state index in [1.165, 1.54) is 31.9 Å². The Morgan fingerprint density at radius 2 is 2.05 bits per heavy atom. The number of nitrogens with two attached hydrogens (primary N) is 1. The number of rotatable bonds is 4. The summed E-state index contributed by atoms with van der Waals surface area (Å²) < 4.78 is 4.71. The molecule has 5 heteroatoms. The van der Waals surface area contributed by atoms with E-state index in [2.05, 4.69) is 11.8 Å². The molecule has 0 amide bonds. The number of carbonyl (C=O) groups is 1. The molecule has 1 fully saturated rings. The van der Waals surface area contributed by atoms with Crippen LogP contribution in [-0.2, 0) is 11.3 Å². The normalized spacial score (nSPS) is 20.4. The minimum Gasteiger partial charge on any atom is -0.465 e. The van der Waals surface area contributed by atoms with Crippen molar-refractivity contribution in [1.82, 2.24) is 4.90 Å². The molecule has 2 rings (SSSR count). The summed E-state index contributed by atoms with van der Waals surface area (Å²) >= 11 is 0. The number of halogens is 1. The maximum absolute atomic E-state index is 11.4. The highest BCUT2D eigenvalue weighted by atomic mass is 35.5. The Morgan fingerprint density at radius 3 is 2.62 bits per heavy atom. The molecule has 21 heavy (non-hydrogen) atoms. The van der Waals surface area contributed by atoms with E-state index in [1.807, 2.05) is 24.3 Å². The van der Waals surface area contributed by atoms with E-state index in [1.54, 1.807) is 0 Å². The first kappa shape index (κ1) is 18.0. The molecule has 0 radical (unpaired) electrons. The Kier molecular flexibility index (Phi) is 7.15. The van der Waals surface area contributed by atoms with Crippen LogP contribution in [0.1, 0.15) is 42.1 Å². The quantitative estimate of drug-likeness (QED) is 0.868. The summed E-state index contributed by atoms with van der Waals surface area (Å²) in [6.45, 7) is 4.09. The Morgan fingerprint density at radius 1 is 1.38 bits per heavy atom. The smallest absolute Gasteiger partial charge is 0.337 e. The third-order valence-electron chi connectivity index (χ3n) is 4.03. The van der Waals surface area contributed by atoms with Crippen molar-refractivity contribution in [1.29, 1.82) is 0 Å². The van der Waals surface area contributed by atoms with Crippen molar-refractivity contribution >= 4 is 18.4 Å². The van der Waals surface area contributed by atoms with Crippen LogP contribution in [0.4, 0.5) is 0 Å². The van der Waals surface area contributed by atoms with E-state index < -0.39 is 0 Å². The molecule has 2 unspecified atom stereocenters. The largest absolute Gasteiger partial charge is 0.465 e. The van der Waals surface area contributed by atoms with Gasteiger partial charge in [0.05, 0.1) is 12.7 Å². The molecule has 1 saturated heterocycles. The summed E-state index contributed by atoms with van der Waals surface area (Å²) in [5.41, 5.74) is 7.90. The molecular formula is C16H25ClN2O2. The zero-order chi connectivity index (χ0) is 14.5. The van der Waals surface area contributed by atoms with Crippen LogP contribution in [0, 0.1) is 0 Å². The summed E-state index contributed by atoms with van der Waals surface area (Å²) in [4.78, 5) is 13.9. The molecule has 118 valence electrons. The molecule has 0 aliphatic carbocycles. The Bertz CT molecular complexity index is 448. The molecule has 2 N–H and O–H groups in total. The van der Waals surface area contributed by atoms with E-state index in [0.29, 0.717) is 11.6 Å². The van der Waals surface area contributed by atoms with E-state index in [4.69, 9.17) is 10.5 Å². The van der Waals surface area contributed by atoms with Crippen molar-refractivity contribution in [3.8, 4) is 0 Å². The first-order valence-electron chi connectivity index (χ1n) is 7.28. The summed E-state index contributed by atoms with van der Waals surface area (Å²) in [7, 11) is 1.40. The average molecular weight is 313 g/mol. The zero-order valence-corrected chi connectivity index (χ0v) is 13.6. The van der Waals surface area contributed by atoms with Crippen molar-refractivity contribution in [3.05, 3.63) is 35.4 Å². The van der Waals surface area contributed by atoms with Gasteiger partial charge in [-0.25, -0.2) is 4.79 Å². The number of hydrogen-bond donors (Lipinski definition) is 1. The lowest BCUT2D eigenvalue weighted by molar-refractivity contribution is 0.0600. The molecule has 0 bridgehead atoms. The van der Waals surface area contributed by atoms with Gasteiger partial charge in [-0.3, -0.25) is 4.90 Å². The van der Waals surface area contributed by atoms with Gasteiger partial charge in [-0.05, 0) is 44.0 Å². The highest BCUT2D eigenvalue weighted by Gasteiger charge is 2.25. The lowest BCUT2D eigenvalue weighted by atomic mass is 9.96. The first-order valence-corrected chi connectivity index (χ1v) is 7.28. The highest BCUT2D eigenvalue weighted by Crippen LogP contribution is 2.21. The molecule has 0 spiro atoms. The standard InChI is InChI=1S/C16H24N2O2.ClH/c1-12(17)15-5-3-4-10-18(15)11-13-6-8-14(9-7-13)16(19)20-2;/h6-9,12,15H,3-5,10-11,17H2,1-2H3;1H. The molecule has 1 aliphatic rings. The molecule has 4 nitrogen and oxygen atoms in total. The van der Waals surface area contributed by atoms with Gasteiger partial charge in [-0.15, -0.1) is 12.4 Å². The molecule has 1 aliphatic heterocycles. The molecule has 0 aromatic heterocycles. The summed E-state index contributed by atoms with van der Waals surface area (Å²) in [6, 6.07) is 8.31. The molecule has 1 aromatic rings. The monoisotopic (exact) mass is 312 g/mol. The summed E-state index contributed by atoms with van der Waals surface area (Å²) in [5.74, 6) is -0.289. The molecular weight excluding hydrogens is 288 g/mol. The van der Waals surface area contributed by atoms with Crippen LogP contribution < -0.4 is 5.73 Å². The molecule has 0 saturated carbocycles. The fraction of sp³-hybridized carbons (Fsp3) is 0.562. The van der Waals surface area contributed by atoms with E-state index in [0.717, 1.165) is 13.1 Å². The predicted octanol–water partition coefficient (Wildman–Crippen LogP) is 2.60. The van der Waals surface area contributed by atoms with Crippen molar-refractivity contribution in [3.63, 3.8) is 0 Å². The van der Waals surface area contributed by atoms with Crippen molar-refractivity contribution < 1.29 is 9.53 Å². The average Bonchev–Trinajstić information content (AvgIpc) is 2.47. The van der Waals surface area contributed by atoms with Crippen molar-refractivity contribution in [2.24, 2.45) is 5.73 Å². The minimum atomic E-state index is -0.289. The predicted molar refractivity (Wildman–Crippen MR) is 86.7 cm³/mol. The van der Waals surface area contributed by atoms with Crippen LogP contribution in [0.25, 0.3) is 0 Å². The Hall–Kier alpha value is -1.10. The van der Waals surface area contributed by atoms with Gasteiger partial charge in [0.1, 0.15) is 0 Å². The second-order valence-electron chi connectivity index (χ2n) is 5.58. The second-order valence-corrected chi connectivity index (χ2v) is 5.58. The Labute approximate surface area is 133 Å². The van der Waals surface area contributed by atoms with Crippen LogP contribution >= 0.6 is 12.4 Å². The van der Waals surface area contributed by atoms with Gasteiger partial charge in [0, 0.05) is 18.6 Å². The SMILES string of the molecule is COC(=O)c1ccc(CN2CCCCC2C(C)N)cc1.Cl. The second kappa shape index (κ2) is 8.37. The first-order chi connectivity index (χ1) is 9.61. The topological polar surface area (TPSA) is 55.6 Å². The van der Waals surface area contributed by atoms with Crippen LogP contribution in [0.5, 0.6) is 0 Å². The van der Waals surface area contributed by atoms with Crippen molar-refractivity contribution in [2.75, 3.05) is 13.7 Å². The maximum Gasteiger partial charge on any atom is 0.337 e. The van der Waals surface area contributed by atoms with Gasteiger partial charge in [0.25, 0.3) is 0 Å². The van der Waals surface area contributed by atoms with E-state index in [9.17, 15) is 4.79 Å². The van der Waals surface area contributed by atoms with Crippen LogP contribution in [0.15, 0.2) is 24.3 Å². The number of hydrogen-bond acceptors (Lipinski definition) is 4. The van der Waals surface area contributed by atoms with Gasteiger partial charge in [0.15, 0.2) is 0 Å². The fourth-order valence-corrected chi connectivity index (χ4v) is 2.91. The number of likely N-dealkylation sites (tertiary alicyclic amines) is 1. The van der Waals surface area contributed by atoms with E-state index >= 15 is 0 Å². The number of carbonyl (C=O) groups excluding carboxylic acids is 1. The lowest BCUT2D eigenvalue weighted by Crippen LogP contribution is -2.48. The Balaban J connectivity index is 0.00000220. The third kappa shape index (κ3) is 4.70. The molecule has 1 heterocycles. The van der Waals surface area contributed by atoms with Gasteiger partial charge in [0.2, 0.25) is 0 Å². The lowest BCUT2D eigenvalue weighted by Gasteiger charge is -2.38. The van der Waals surface area contributed by atoms with Gasteiger partial charge in [-0.2, -0.15) is 0 Å². The summed E-state index contributed by atoms with van der Waals surface area (Å²) in [6.07, 6.45) is 3.69. The number of piperidine rings is 1. The number of ether oxygens (including phenoxy) is 1. The molecule has 1 aromatic carbocycles. The highest BCUT2D eigenvalue weighted by molar-refractivity contribution is 5.89. The number of nitrogens with zero attached hydrogens (tertiary/aromatic N) is 1. The minimum absolute atomic E-state index is 0. The zero-order valence-electron chi connectivity index (χ0n) is 12.7. The van der Waals surface area contributed by atoms with Crippen LogP contribution in [0.2, 0.25) is 0 Å². The summed E-state index contributed by atoms with van der Waals surface area (Å²) in [5, 5.41) is 0. The van der Waals surface area contributed by atoms with Gasteiger partial charge in [-0.1, -0.05) is 18.6 Å². The fourth-order valence-electron chi connectivity index (χ4n) is 2.91. The number of methoxy groups -OCH3 is 1. The van der Waals surface area contributed by atoms with Crippen LogP contribution in [-0.4, -0.2) is 36.6 Å². The van der Waals surface area contributed by atoms with E-state index in [-0.39, 0.29) is 24.4 Å². The number of esters is 1. The van der Waals surface area contributed by atoms with Gasteiger partial charge < -0.3 is 10.5 Å². The molecule has 2 atom stereocenters. The van der Waals surface area contributed by atoms with Crippen LogP contribution in [0.3, 0.4) is 0 Å². The van der Waals surface area contributed by atoms with Crippen molar-refractivity contribution in [2.45, 2.75) is 44.8 Å².